The third-order valence-corrected chi connectivity index (χ3v) is 7.40. The van der Waals surface area contributed by atoms with Gasteiger partial charge >= 0.3 is 0 Å². The van der Waals surface area contributed by atoms with Gasteiger partial charge in [-0.25, -0.2) is 0 Å². The Labute approximate surface area is 174 Å². The topological polar surface area (TPSA) is 27.7 Å². The highest BCUT2D eigenvalue weighted by atomic mass is 79.9. The zero-order chi connectivity index (χ0) is 19.0. The molecule has 2 aromatic carbocycles. The van der Waals surface area contributed by atoms with Crippen LogP contribution in [0.3, 0.4) is 0 Å². The maximum Gasteiger partial charge on any atom is 0.168 e. The highest BCUT2D eigenvalue weighted by Gasteiger charge is 2.49. The first-order valence-electron chi connectivity index (χ1n) is 10.2. The van der Waals surface area contributed by atoms with Crippen molar-refractivity contribution in [3.63, 3.8) is 0 Å². The molecule has 0 N–H and O–H groups in total. The standard InChI is InChI=1S/C24H25BrO3/c25-22-15-19-7-8-20(26-17-18-5-2-1-3-6-18)16-21(19)23(22)9-11-24(12-10-23)27-13-4-14-28-24/h1-3,5-8,15-16H,4,9-14,17H2. The first-order chi connectivity index (χ1) is 13.7. The van der Waals surface area contributed by atoms with Gasteiger partial charge in [-0.05, 0) is 54.2 Å². The van der Waals surface area contributed by atoms with Crippen molar-refractivity contribution in [2.45, 2.75) is 49.9 Å². The van der Waals surface area contributed by atoms with Crippen LogP contribution in [-0.2, 0) is 21.5 Å². The molecule has 1 heterocycles. The van der Waals surface area contributed by atoms with Crippen LogP contribution in [0, 0.1) is 0 Å². The van der Waals surface area contributed by atoms with Gasteiger partial charge in [0, 0.05) is 22.7 Å². The van der Waals surface area contributed by atoms with Gasteiger partial charge in [-0.15, -0.1) is 0 Å². The Hall–Kier alpha value is -1.62. The van der Waals surface area contributed by atoms with Crippen LogP contribution in [0.2, 0.25) is 0 Å². The molecule has 0 atom stereocenters. The van der Waals surface area contributed by atoms with Gasteiger partial charge in [-0.2, -0.15) is 0 Å². The average molecular weight is 441 g/mol. The van der Waals surface area contributed by atoms with E-state index in [4.69, 9.17) is 14.2 Å². The molecule has 28 heavy (non-hydrogen) atoms. The Morgan fingerprint density at radius 1 is 0.929 bits per heavy atom. The van der Waals surface area contributed by atoms with Crippen LogP contribution >= 0.6 is 15.9 Å². The minimum atomic E-state index is -0.360. The summed E-state index contributed by atoms with van der Waals surface area (Å²) < 4.78 is 19.5. The molecule has 1 aliphatic heterocycles. The van der Waals surface area contributed by atoms with E-state index in [-0.39, 0.29) is 11.2 Å². The molecule has 1 saturated carbocycles. The number of halogens is 1. The van der Waals surface area contributed by atoms with E-state index in [9.17, 15) is 0 Å². The van der Waals surface area contributed by atoms with Gasteiger partial charge in [-0.1, -0.05) is 52.3 Å². The molecular weight excluding hydrogens is 416 g/mol. The molecule has 0 aromatic heterocycles. The Kier molecular flexibility index (Phi) is 4.82. The summed E-state index contributed by atoms with van der Waals surface area (Å²) in [5.41, 5.74) is 3.87. The van der Waals surface area contributed by atoms with Crippen LogP contribution in [0.4, 0.5) is 0 Å². The molecule has 0 amide bonds. The minimum absolute atomic E-state index is 0.0247. The molecular formula is C24H25BrO3. The summed E-state index contributed by atoms with van der Waals surface area (Å²) in [6.07, 6.45) is 7.20. The third kappa shape index (κ3) is 3.22. The van der Waals surface area contributed by atoms with E-state index in [0.29, 0.717) is 6.61 Å². The number of benzene rings is 2. The Morgan fingerprint density at radius 3 is 2.43 bits per heavy atom. The second-order valence-corrected chi connectivity index (χ2v) is 8.91. The second-order valence-electron chi connectivity index (χ2n) is 8.06. The monoisotopic (exact) mass is 440 g/mol. The lowest BCUT2D eigenvalue weighted by Gasteiger charge is -2.46. The van der Waals surface area contributed by atoms with E-state index >= 15 is 0 Å². The largest absolute Gasteiger partial charge is 0.489 e. The molecule has 2 aliphatic carbocycles. The van der Waals surface area contributed by atoms with Crippen molar-refractivity contribution in [3.8, 4) is 5.75 Å². The smallest absolute Gasteiger partial charge is 0.168 e. The van der Waals surface area contributed by atoms with Crippen LogP contribution in [0.5, 0.6) is 5.75 Å². The van der Waals surface area contributed by atoms with Gasteiger partial charge in [0.25, 0.3) is 0 Å². The van der Waals surface area contributed by atoms with Gasteiger partial charge in [0.05, 0.1) is 13.2 Å². The van der Waals surface area contributed by atoms with Crippen molar-refractivity contribution in [2.24, 2.45) is 0 Å². The summed E-state index contributed by atoms with van der Waals surface area (Å²) in [5, 5.41) is 0. The van der Waals surface area contributed by atoms with Gasteiger partial charge < -0.3 is 14.2 Å². The third-order valence-electron chi connectivity index (χ3n) is 6.41. The van der Waals surface area contributed by atoms with E-state index in [1.165, 1.54) is 21.2 Å². The Morgan fingerprint density at radius 2 is 1.68 bits per heavy atom. The van der Waals surface area contributed by atoms with Crippen LogP contribution < -0.4 is 4.74 Å². The van der Waals surface area contributed by atoms with Crippen LogP contribution in [0.15, 0.2) is 53.0 Å². The van der Waals surface area contributed by atoms with Crippen LogP contribution in [-0.4, -0.2) is 19.0 Å². The van der Waals surface area contributed by atoms with E-state index in [2.05, 4.69) is 52.3 Å². The minimum Gasteiger partial charge on any atom is -0.489 e. The zero-order valence-corrected chi connectivity index (χ0v) is 17.5. The highest BCUT2D eigenvalue weighted by Crippen LogP contribution is 2.56. The van der Waals surface area contributed by atoms with Gasteiger partial charge in [0.2, 0.25) is 0 Å². The van der Waals surface area contributed by atoms with Crippen molar-refractivity contribution < 1.29 is 14.2 Å². The molecule has 0 bridgehead atoms. The van der Waals surface area contributed by atoms with E-state index < -0.39 is 0 Å². The van der Waals surface area contributed by atoms with Crippen LogP contribution in [0.1, 0.15) is 48.8 Å². The number of hydrogen-bond donors (Lipinski definition) is 0. The lowest BCUT2D eigenvalue weighted by molar-refractivity contribution is -0.283. The fourth-order valence-corrected chi connectivity index (χ4v) is 5.64. The average Bonchev–Trinajstić information content (AvgIpc) is 3.01. The van der Waals surface area contributed by atoms with E-state index in [1.54, 1.807) is 0 Å². The number of ether oxygens (including phenoxy) is 3. The van der Waals surface area contributed by atoms with Crippen molar-refractivity contribution in [1.29, 1.82) is 0 Å². The summed E-state index contributed by atoms with van der Waals surface area (Å²) in [5.74, 6) is 0.573. The highest BCUT2D eigenvalue weighted by molar-refractivity contribution is 9.11. The normalized spacial score (nSPS) is 22.1. The molecule has 3 nitrogen and oxygen atoms in total. The van der Waals surface area contributed by atoms with Gasteiger partial charge in [-0.3, -0.25) is 0 Å². The van der Waals surface area contributed by atoms with E-state index in [0.717, 1.165) is 51.1 Å². The molecule has 2 aromatic rings. The number of allylic oxidation sites excluding steroid dienone is 1. The lowest BCUT2D eigenvalue weighted by atomic mass is 9.69. The number of rotatable bonds is 3. The first-order valence-corrected chi connectivity index (χ1v) is 11.0. The maximum absolute atomic E-state index is 6.11. The predicted octanol–water partition coefficient (Wildman–Crippen LogP) is 5.96. The van der Waals surface area contributed by atoms with Crippen molar-refractivity contribution in [2.75, 3.05) is 13.2 Å². The summed E-state index contributed by atoms with van der Waals surface area (Å²) in [4.78, 5) is 0. The molecule has 0 unspecified atom stereocenters. The van der Waals surface area contributed by atoms with Gasteiger partial charge in [0.1, 0.15) is 12.4 Å². The molecule has 1 saturated heterocycles. The number of hydrogen-bond acceptors (Lipinski definition) is 3. The summed E-state index contributed by atoms with van der Waals surface area (Å²) in [6, 6.07) is 16.8. The lowest BCUT2D eigenvalue weighted by Crippen LogP contribution is -2.47. The molecule has 3 aliphatic rings. The van der Waals surface area contributed by atoms with Crippen molar-refractivity contribution >= 4 is 22.0 Å². The quantitative estimate of drug-likeness (QED) is 0.588. The molecule has 2 fully saturated rings. The summed E-state index contributed by atoms with van der Waals surface area (Å²) in [6.45, 7) is 2.22. The molecule has 0 radical (unpaired) electrons. The molecule has 5 rings (SSSR count). The fourth-order valence-electron chi connectivity index (χ4n) is 4.78. The second kappa shape index (κ2) is 7.33. The summed E-state index contributed by atoms with van der Waals surface area (Å²) in [7, 11) is 0. The summed E-state index contributed by atoms with van der Waals surface area (Å²) >= 11 is 3.89. The maximum atomic E-state index is 6.11. The van der Waals surface area contributed by atoms with Crippen LogP contribution in [0.25, 0.3) is 6.08 Å². The van der Waals surface area contributed by atoms with Crippen molar-refractivity contribution in [1.82, 2.24) is 0 Å². The predicted molar refractivity (Wildman–Crippen MR) is 114 cm³/mol. The SMILES string of the molecule is BrC1=Cc2ccc(OCc3ccccc3)cc2C12CCC1(CC2)OCCCO1. The van der Waals surface area contributed by atoms with Crippen molar-refractivity contribution in [3.05, 3.63) is 69.7 Å². The van der Waals surface area contributed by atoms with Gasteiger partial charge in [0.15, 0.2) is 5.79 Å². The molecule has 4 heteroatoms. The molecule has 2 spiro atoms. The number of fused-ring (bicyclic) bond motifs is 2. The first kappa shape index (κ1) is 18.4. The fraction of sp³-hybridized carbons (Fsp3) is 0.417. The molecule has 146 valence electrons. The zero-order valence-electron chi connectivity index (χ0n) is 16.0. The Balaban J connectivity index is 1.36. The Bertz CT molecular complexity index is 874. The van der Waals surface area contributed by atoms with E-state index in [1.807, 2.05) is 18.2 Å².